The zero-order valence-corrected chi connectivity index (χ0v) is 16.1. The number of halogens is 3. The number of anilines is 1. The second-order valence-corrected chi connectivity index (χ2v) is 7.62. The highest BCUT2D eigenvalue weighted by Gasteiger charge is 2.34. The van der Waals surface area contributed by atoms with Crippen molar-refractivity contribution in [2.75, 3.05) is 5.73 Å². The Kier molecular flexibility index (Phi) is 4.62. The molecule has 0 spiro atoms. The predicted molar refractivity (Wildman–Crippen MR) is 109 cm³/mol. The van der Waals surface area contributed by atoms with E-state index < -0.39 is 11.9 Å². The quantitative estimate of drug-likeness (QED) is 0.414. The van der Waals surface area contributed by atoms with E-state index in [1.807, 2.05) is 42.5 Å². The first kappa shape index (κ1) is 19.1. The topological polar surface area (TPSA) is 56.0 Å². The first-order valence-corrected chi connectivity index (χ1v) is 9.54. The van der Waals surface area contributed by atoms with Gasteiger partial charge in [0.25, 0.3) is 0 Å². The Labute approximate surface area is 168 Å². The number of nitrogens with two attached hydrogens (primary N) is 1. The summed E-state index contributed by atoms with van der Waals surface area (Å²) in [7, 11) is 0. The van der Waals surface area contributed by atoms with Gasteiger partial charge in [-0.1, -0.05) is 54.6 Å². The van der Waals surface area contributed by atoms with Gasteiger partial charge in [-0.25, -0.2) is 4.98 Å². The molecule has 3 nitrogen and oxygen atoms in total. The van der Waals surface area contributed by atoms with E-state index in [0.29, 0.717) is 16.5 Å². The average molecular weight is 412 g/mol. The molecule has 0 bridgehead atoms. The number of hydrogen-bond acceptors (Lipinski definition) is 4. The molecule has 2 N–H and O–H groups in total. The Morgan fingerprint density at radius 3 is 2.24 bits per heavy atom. The van der Waals surface area contributed by atoms with Gasteiger partial charge in [-0.05, 0) is 29.7 Å². The SMILES string of the molecule is Cc1cc(C(F)(F)F)nc2sc(C(=O)c3ccc(-c4ccccc4)cc3)c(N)c12. The van der Waals surface area contributed by atoms with Gasteiger partial charge in [0.1, 0.15) is 15.4 Å². The monoisotopic (exact) mass is 412 g/mol. The molecule has 0 unspecified atom stereocenters. The third-order valence-corrected chi connectivity index (χ3v) is 5.75. The molecule has 4 rings (SSSR count). The summed E-state index contributed by atoms with van der Waals surface area (Å²) in [5.74, 6) is -0.335. The number of thiophene rings is 1. The molecule has 0 saturated carbocycles. The van der Waals surface area contributed by atoms with Crippen LogP contribution in [0.5, 0.6) is 0 Å². The minimum Gasteiger partial charge on any atom is -0.397 e. The Balaban J connectivity index is 1.73. The fourth-order valence-corrected chi connectivity index (χ4v) is 4.33. The first-order chi connectivity index (χ1) is 13.8. The number of fused-ring (bicyclic) bond motifs is 1. The molecule has 0 radical (unpaired) electrons. The molecule has 0 fully saturated rings. The molecule has 146 valence electrons. The fourth-order valence-electron chi connectivity index (χ4n) is 3.20. The van der Waals surface area contributed by atoms with E-state index in [4.69, 9.17) is 5.73 Å². The number of hydrogen-bond donors (Lipinski definition) is 1. The summed E-state index contributed by atoms with van der Waals surface area (Å²) < 4.78 is 39.1. The van der Waals surface area contributed by atoms with Crippen LogP contribution >= 0.6 is 11.3 Å². The highest BCUT2D eigenvalue weighted by molar-refractivity contribution is 7.21. The number of alkyl halides is 3. The Hall–Kier alpha value is -3.19. The van der Waals surface area contributed by atoms with Gasteiger partial charge >= 0.3 is 6.18 Å². The Morgan fingerprint density at radius 1 is 1.00 bits per heavy atom. The number of ketones is 1. The number of rotatable bonds is 3. The first-order valence-electron chi connectivity index (χ1n) is 8.72. The third-order valence-electron chi connectivity index (χ3n) is 4.65. The number of nitrogens with zero attached hydrogens (tertiary/aromatic N) is 1. The second kappa shape index (κ2) is 7.00. The molecule has 0 aliphatic carbocycles. The summed E-state index contributed by atoms with van der Waals surface area (Å²) in [4.78, 5) is 16.9. The summed E-state index contributed by atoms with van der Waals surface area (Å²) in [6, 6.07) is 17.7. The molecule has 0 aliphatic heterocycles. The van der Waals surface area contributed by atoms with Crippen molar-refractivity contribution in [2.24, 2.45) is 0 Å². The standard InChI is InChI=1S/C22H15F3N2OS/c1-12-11-16(22(23,24)25)27-21-17(12)18(26)20(29-21)19(28)15-9-7-14(8-10-15)13-5-3-2-4-6-13/h2-11H,26H2,1H3. The third kappa shape index (κ3) is 3.49. The number of aromatic nitrogens is 1. The van der Waals surface area contributed by atoms with E-state index in [1.54, 1.807) is 12.1 Å². The van der Waals surface area contributed by atoms with Crippen LogP contribution in [0.15, 0.2) is 60.7 Å². The van der Waals surface area contributed by atoms with Crippen LogP contribution in [-0.2, 0) is 6.18 Å². The van der Waals surface area contributed by atoms with E-state index in [0.717, 1.165) is 28.5 Å². The normalized spacial score (nSPS) is 11.7. The largest absolute Gasteiger partial charge is 0.433 e. The maximum absolute atomic E-state index is 13.0. The molecule has 4 aromatic rings. The van der Waals surface area contributed by atoms with Crippen LogP contribution in [-0.4, -0.2) is 10.8 Å². The zero-order chi connectivity index (χ0) is 20.8. The Bertz CT molecular complexity index is 1210. The van der Waals surface area contributed by atoms with E-state index in [9.17, 15) is 18.0 Å². The summed E-state index contributed by atoms with van der Waals surface area (Å²) in [5.41, 5.74) is 8.04. The van der Waals surface area contributed by atoms with E-state index in [2.05, 4.69) is 4.98 Å². The number of benzene rings is 2. The summed E-state index contributed by atoms with van der Waals surface area (Å²) in [5, 5.41) is 0.396. The lowest BCUT2D eigenvalue weighted by molar-refractivity contribution is -0.141. The van der Waals surface area contributed by atoms with Gasteiger partial charge in [0, 0.05) is 10.9 Å². The van der Waals surface area contributed by atoms with Gasteiger partial charge in [-0.2, -0.15) is 13.2 Å². The number of carbonyl (C=O) groups is 1. The van der Waals surface area contributed by atoms with Gasteiger partial charge < -0.3 is 5.73 Å². The van der Waals surface area contributed by atoms with Crippen molar-refractivity contribution in [1.82, 2.24) is 4.98 Å². The van der Waals surface area contributed by atoms with Crippen LogP contribution in [0.1, 0.15) is 26.5 Å². The predicted octanol–water partition coefficient (Wildman–Crippen LogP) is 6.10. The molecule has 0 atom stereocenters. The van der Waals surface area contributed by atoms with Crippen molar-refractivity contribution in [3.05, 3.63) is 82.4 Å². The summed E-state index contributed by atoms with van der Waals surface area (Å²) in [6.07, 6.45) is -4.56. The number of nitrogen functional groups attached to an aromatic ring is 1. The molecular weight excluding hydrogens is 397 g/mol. The van der Waals surface area contributed by atoms with Crippen molar-refractivity contribution in [3.63, 3.8) is 0 Å². The maximum atomic E-state index is 13.0. The minimum absolute atomic E-state index is 0.110. The fraction of sp³-hybridized carbons (Fsp3) is 0.0909. The van der Waals surface area contributed by atoms with Gasteiger partial charge in [0.05, 0.1) is 5.69 Å². The van der Waals surface area contributed by atoms with Gasteiger partial charge in [-0.3, -0.25) is 4.79 Å². The maximum Gasteiger partial charge on any atom is 0.433 e. The summed E-state index contributed by atoms with van der Waals surface area (Å²) >= 11 is 0.886. The molecule has 2 aromatic heterocycles. The number of aryl methyl sites for hydroxylation is 1. The molecule has 0 amide bonds. The van der Waals surface area contributed by atoms with Crippen LogP contribution in [0.3, 0.4) is 0 Å². The van der Waals surface area contributed by atoms with Crippen molar-refractivity contribution < 1.29 is 18.0 Å². The van der Waals surface area contributed by atoms with Crippen LogP contribution in [0, 0.1) is 6.92 Å². The lowest BCUT2D eigenvalue weighted by Gasteiger charge is -2.07. The average Bonchev–Trinajstić information content (AvgIpc) is 3.04. The van der Waals surface area contributed by atoms with Crippen LogP contribution in [0.2, 0.25) is 0 Å². The molecular formula is C22H15F3N2OS. The van der Waals surface area contributed by atoms with Crippen molar-refractivity contribution in [3.8, 4) is 11.1 Å². The molecule has 2 heterocycles. The lowest BCUT2D eigenvalue weighted by atomic mass is 10.0. The smallest absolute Gasteiger partial charge is 0.397 e. The highest BCUT2D eigenvalue weighted by Crippen LogP contribution is 2.39. The second-order valence-electron chi connectivity index (χ2n) is 6.62. The van der Waals surface area contributed by atoms with E-state index >= 15 is 0 Å². The van der Waals surface area contributed by atoms with Crippen molar-refractivity contribution in [1.29, 1.82) is 0 Å². The van der Waals surface area contributed by atoms with E-state index in [-0.39, 0.29) is 21.2 Å². The summed E-state index contributed by atoms with van der Waals surface area (Å²) in [6.45, 7) is 1.53. The molecule has 7 heteroatoms. The molecule has 29 heavy (non-hydrogen) atoms. The molecule has 0 aliphatic rings. The zero-order valence-electron chi connectivity index (χ0n) is 15.2. The van der Waals surface area contributed by atoms with Gasteiger partial charge in [0.15, 0.2) is 0 Å². The number of carbonyl (C=O) groups excluding carboxylic acids is 1. The minimum atomic E-state index is -4.56. The van der Waals surface area contributed by atoms with Gasteiger partial charge in [-0.15, -0.1) is 11.3 Å². The van der Waals surface area contributed by atoms with Crippen LogP contribution in [0.4, 0.5) is 18.9 Å². The van der Waals surface area contributed by atoms with Crippen LogP contribution < -0.4 is 5.73 Å². The highest BCUT2D eigenvalue weighted by atomic mass is 32.1. The van der Waals surface area contributed by atoms with E-state index in [1.165, 1.54) is 6.92 Å². The lowest BCUT2D eigenvalue weighted by Crippen LogP contribution is -2.08. The Morgan fingerprint density at radius 2 is 1.62 bits per heavy atom. The van der Waals surface area contributed by atoms with Gasteiger partial charge in [0.2, 0.25) is 5.78 Å². The van der Waals surface area contributed by atoms with Crippen molar-refractivity contribution >= 4 is 33.0 Å². The molecule has 2 aromatic carbocycles. The molecule has 0 saturated heterocycles. The van der Waals surface area contributed by atoms with Crippen molar-refractivity contribution in [2.45, 2.75) is 13.1 Å². The van der Waals surface area contributed by atoms with Crippen LogP contribution in [0.25, 0.3) is 21.3 Å². The number of pyridine rings is 1.